The summed E-state index contributed by atoms with van der Waals surface area (Å²) in [7, 11) is 0. The van der Waals surface area contributed by atoms with Crippen molar-refractivity contribution in [2.24, 2.45) is 0 Å². The molecule has 1 atom stereocenters. The SMILES string of the molecule is CC[C@@H](O)c1ccc(Oc2ccc(Br)cc2C)cn1. The van der Waals surface area contributed by atoms with Crippen LogP contribution in [0.5, 0.6) is 11.5 Å². The molecule has 0 saturated heterocycles. The lowest BCUT2D eigenvalue weighted by atomic mass is 10.2. The largest absolute Gasteiger partial charge is 0.455 e. The molecule has 0 bridgehead atoms. The number of halogens is 1. The monoisotopic (exact) mass is 321 g/mol. The van der Waals surface area contributed by atoms with Crippen molar-refractivity contribution in [3.63, 3.8) is 0 Å². The van der Waals surface area contributed by atoms with Gasteiger partial charge in [-0.25, -0.2) is 0 Å². The number of rotatable bonds is 4. The quantitative estimate of drug-likeness (QED) is 0.908. The van der Waals surface area contributed by atoms with E-state index in [9.17, 15) is 5.11 Å². The summed E-state index contributed by atoms with van der Waals surface area (Å²) in [5.41, 5.74) is 1.72. The minimum absolute atomic E-state index is 0.511. The first kappa shape index (κ1) is 14.0. The second-order valence-corrected chi connectivity index (χ2v) is 5.27. The summed E-state index contributed by atoms with van der Waals surface area (Å²) >= 11 is 3.42. The highest BCUT2D eigenvalue weighted by Crippen LogP contribution is 2.27. The van der Waals surface area contributed by atoms with Crippen LogP contribution in [0.15, 0.2) is 41.0 Å². The molecule has 0 amide bonds. The first-order chi connectivity index (χ1) is 9.10. The summed E-state index contributed by atoms with van der Waals surface area (Å²) in [6, 6.07) is 9.46. The lowest BCUT2D eigenvalue weighted by molar-refractivity contribution is 0.169. The van der Waals surface area contributed by atoms with Gasteiger partial charge in [0.15, 0.2) is 0 Å². The molecule has 100 valence electrons. The predicted octanol–water partition coefficient (Wildman–Crippen LogP) is 4.39. The van der Waals surface area contributed by atoms with Crippen molar-refractivity contribution >= 4 is 15.9 Å². The second-order valence-electron chi connectivity index (χ2n) is 4.35. The van der Waals surface area contributed by atoms with Crippen LogP contribution in [-0.2, 0) is 0 Å². The number of ether oxygens (including phenoxy) is 1. The smallest absolute Gasteiger partial charge is 0.145 e. The normalized spacial score (nSPS) is 12.2. The Labute approximate surface area is 121 Å². The van der Waals surface area contributed by atoms with Crippen molar-refractivity contribution in [3.8, 4) is 11.5 Å². The van der Waals surface area contributed by atoms with Crippen molar-refractivity contribution in [2.75, 3.05) is 0 Å². The van der Waals surface area contributed by atoms with Gasteiger partial charge in [-0.2, -0.15) is 0 Å². The van der Waals surface area contributed by atoms with Crippen LogP contribution in [0.2, 0.25) is 0 Å². The average Bonchev–Trinajstić information content (AvgIpc) is 2.42. The number of hydrogen-bond acceptors (Lipinski definition) is 3. The molecule has 0 saturated carbocycles. The molecule has 0 radical (unpaired) electrons. The van der Waals surface area contributed by atoms with E-state index in [0.717, 1.165) is 15.8 Å². The first-order valence-electron chi connectivity index (χ1n) is 6.18. The number of aromatic nitrogens is 1. The molecule has 0 aliphatic rings. The molecule has 0 fully saturated rings. The maximum Gasteiger partial charge on any atom is 0.145 e. The van der Waals surface area contributed by atoms with Crippen LogP contribution < -0.4 is 4.74 Å². The minimum Gasteiger partial charge on any atom is -0.455 e. The van der Waals surface area contributed by atoms with Gasteiger partial charge in [-0.05, 0) is 49.2 Å². The number of nitrogens with zero attached hydrogens (tertiary/aromatic N) is 1. The maximum absolute atomic E-state index is 9.68. The average molecular weight is 322 g/mol. The molecule has 0 aliphatic heterocycles. The van der Waals surface area contributed by atoms with E-state index in [-0.39, 0.29) is 0 Å². The maximum atomic E-state index is 9.68. The number of aryl methyl sites for hydroxylation is 1. The Morgan fingerprint density at radius 1 is 1.32 bits per heavy atom. The molecule has 1 heterocycles. The van der Waals surface area contributed by atoms with E-state index in [1.807, 2.05) is 38.1 Å². The zero-order valence-electron chi connectivity index (χ0n) is 10.9. The lowest BCUT2D eigenvalue weighted by Crippen LogP contribution is -1.98. The molecule has 3 nitrogen and oxygen atoms in total. The number of benzene rings is 1. The molecular weight excluding hydrogens is 306 g/mol. The number of aliphatic hydroxyl groups is 1. The fourth-order valence-corrected chi connectivity index (χ4v) is 2.19. The highest BCUT2D eigenvalue weighted by atomic mass is 79.9. The van der Waals surface area contributed by atoms with Crippen LogP contribution in [0.3, 0.4) is 0 Å². The van der Waals surface area contributed by atoms with Gasteiger partial charge in [0.05, 0.1) is 18.0 Å². The van der Waals surface area contributed by atoms with Gasteiger partial charge in [-0.15, -0.1) is 0 Å². The number of hydrogen-bond donors (Lipinski definition) is 1. The number of aliphatic hydroxyl groups excluding tert-OH is 1. The summed E-state index contributed by atoms with van der Waals surface area (Å²) < 4.78 is 6.79. The molecule has 2 rings (SSSR count). The van der Waals surface area contributed by atoms with Gasteiger partial charge >= 0.3 is 0 Å². The summed E-state index contributed by atoms with van der Waals surface area (Å²) in [5, 5.41) is 9.68. The van der Waals surface area contributed by atoms with Crippen molar-refractivity contribution in [3.05, 3.63) is 52.3 Å². The molecule has 2 aromatic rings. The first-order valence-corrected chi connectivity index (χ1v) is 6.97. The van der Waals surface area contributed by atoms with E-state index in [4.69, 9.17) is 4.74 Å². The van der Waals surface area contributed by atoms with Crippen molar-refractivity contribution in [1.29, 1.82) is 0 Å². The van der Waals surface area contributed by atoms with Crippen LogP contribution in [0.25, 0.3) is 0 Å². The van der Waals surface area contributed by atoms with Gasteiger partial charge in [0.25, 0.3) is 0 Å². The summed E-state index contributed by atoms with van der Waals surface area (Å²) in [4.78, 5) is 4.21. The second kappa shape index (κ2) is 6.17. The van der Waals surface area contributed by atoms with E-state index in [0.29, 0.717) is 17.9 Å². The van der Waals surface area contributed by atoms with Crippen molar-refractivity contribution in [1.82, 2.24) is 4.98 Å². The third kappa shape index (κ3) is 3.55. The van der Waals surface area contributed by atoms with Gasteiger partial charge in [0, 0.05) is 4.47 Å². The molecule has 1 aromatic heterocycles. The highest BCUT2D eigenvalue weighted by Gasteiger charge is 2.07. The van der Waals surface area contributed by atoms with Gasteiger partial charge in [0.1, 0.15) is 11.5 Å². The summed E-state index contributed by atoms with van der Waals surface area (Å²) in [5.74, 6) is 1.46. The molecule has 0 unspecified atom stereocenters. The molecule has 1 N–H and O–H groups in total. The van der Waals surface area contributed by atoms with Crippen LogP contribution in [0.4, 0.5) is 0 Å². The Balaban J connectivity index is 2.15. The fraction of sp³-hybridized carbons (Fsp3) is 0.267. The van der Waals surface area contributed by atoms with Gasteiger partial charge < -0.3 is 9.84 Å². The van der Waals surface area contributed by atoms with Crippen LogP contribution in [-0.4, -0.2) is 10.1 Å². The van der Waals surface area contributed by atoms with E-state index >= 15 is 0 Å². The van der Waals surface area contributed by atoms with E-state index in [2.05, 4.69) is 20.9 Å². The Hall–Kier alpha value is -1.39. The molecule has 1 aromatic carbocycles. The Kier molecular flexibility index (Phi) is 4.56. The lowest BCUT2D eigenvalue weighted by Gasteiger charge is -2.10. The molecule has 19 heavy (non-hydrogen) atoms. The Morgan fingerprint density at radius 2 is 2.11 bits per heavy atom. The van der Waals surface area contributed by atoms with Crippen LogP contribution in [0.1, 0.15) is 30.7 Å². The summed E-state index contributed by atoms with van der Waals surface area (Å²) in [6.45, 7) is 3.91. The minimum atomic E-state index is -0.511. The Bertz CT molecular complexity index is 555. The number of pyridine rings is 1. The standard InChI is InChI=1S/C15H16BrNO2/c1-3-14(18)13-6-5-12(9-17-13)19-15-7-4-11(16)8-10(15)2/h4-9,14,18H,3H2,1-2H3/t14-/m1/s1. The van der Waals surface area contributed by atoms with Crippen LogP contribution >= 0.6 is 15.9 Å². The summed E-state index contributed by atoms with van der Waals surface area (Å²) in [6.07, 6.45) is 1.78. The van der Waals surface area contributed by atoms with Crippen molar-refractivity contribution in [2.45, 2.75) is 26.4 Å². The van der Waals surface area contributed by atoms with Crippen LogP contribution in [0, 0.1) is 6.92 Å². The van der Waals surface area contributed by atoms with E-state index < -0.39 is 6.10 Å². The third-order valence-electron chi connectivity index (χ3n) is 2.85. The molecule has 0 aliphatic carbocycles. The molecule has 4 heteroatoms. The predicted molar refractivity (Wildman–Crippen MR) is 78.4 cm³/mol. The van der Waals surface area contributed by atoms with E-state index in [1.54, 1.807) is 12.3 Å². The van der Waals surface area contributed by atoms with E-state index in [1.165, 1.54) is 0 Å². The van der Waals surface area contributed by atoms with Gasteiger partial charge in [-0.3, -0.25) is 4.98 Å². The third-order valence-corrected chi connectivity index (χ3v) is 3.35. The Morgan fingerprint density at radius 3 is 2.68 bits per heavy atom. The van der Waals surface area contributed by atoms with Gasteiger partial charge in [0.2, 0.25) is 0 Å². The molecule has 0 spiro atoms. The zero-order chi connectivity index (χ0) is 13.8. The fourth-order valence-electron chi connectivity index (χ4n) is 1.71. The van der Waals surface area contributed by atoms with Gasteiger partial charge in [-0.1, -0.05) is 22.9 Å². The van der Waals surface area contributed by atoms with Crippen molar-refractivity contribution < 1.29 is 9.84 Å². The molecular formula is C15H16BrNO2. The zero-order valence-corrected chi connectivity index (χ0v) is 12.5. The highest BCUT2D eigenvalue weighted by molar-refractivity contribution is 9.10. The topological polar surface area (TPSA) is 42.4 Å².